The fourth-order valence-corrected chi connectivity index (χ4v) is 6.24. The van der Waals surface area contributed by atoms with E-state index in [0.29, 0.717) is 30.5 Å². The second-order valence-electron chi connectivity index (χ2n) is 11.2. The first-order chi connectivity index (χ1) is 19.8. The van der Waals surface area contributed by atoms with Crippen molar-refractivity contribution in [2.24, 2.45) is 11.8 Å². The summed E-state index contributed by atoms with van der Waals surface area (Å²) >= 11 is 1.74. The van der Waals surface area contributed by atoms with Crippen molar-refractivity contribution in [3.05, 3.63) is 81.8 Å². The van der Waals surface area contributed by atoms with Gasteiger partial charge in [-0.25, -0.2) is 4.98 Å². The second-order valence-corrected chi connectivity index (χ2v) is 12.2. The lowest BCUT2D eigenvalue weighted by atomic mass is 9.89. The molecule has 1 amide bonds. The summed E-state index contributed by atoms with van der Waals surface area (Å²) in [4.78, 5) is 33.0. The third-order valence-corrected chi connectivity index (χ3v) is 8.61. The van der Waals surface area contributed by atoms with Gasteiger partial charge in [0.25, 0.3) is 0 Å². The highest BCUT2D eigenvalue weighted by molar-refractivity contribution is 7.09. The van der Waals surface area contributed by atoms with Gasteiger partial charge in [-0.3, -0.25) is 9.59 Å². The predicted octanol–water partition coefficient (Wildman–Crippen LogP) is 7.65. The van der Waals surface area contributed by atoms with Crippen LogP contribution in [-0.2, 0) is 17.6 Å². The number of aromatic nitrogens is 2. The van der Waals surface area contributed by atoms with Crippen LogP contribution in [0.5, 0.6) is 5.75 Å². The summed E-state index contributed by atoms with van der Waals surface area (Å²) in [5.74, 6) is 1.71. The molecule has 4 aromatic rings. The van der Waals surface area contributed by atoms with Gasteiger partial charge in [-0.2, -0.15) is 0 Å². The van der Waals surface area contributed by atoms with Crippen LogP contribution in [0.4, 0.5) is 0 Å². The van der Waals surface area contributed by atoms with E-state index in [9.17, 15) is 9.59 Å². The van der Waals surface area contributed by atoms with E-state index in [4.69, 9.17) is 9.72 Å². The molecule has 0 saturated carbocycles. The number of nitrogens with zero attached hydrogens (tertiary/aromatic N) is 2. The first kappa shape index (κ1) is 30.5. The van der Waals surface area contributed by atoms with Crippen LogP contribution in [0, 0.1) is 11.8 Å². The second kappa shape index (κ2) is 14.4. The smallest absolute Gasteiger partial charge is 0.223 e. The number of rotatable bonds is 15. The molecule has 1 N–H and O–H groups in total. The van der Waals surface area contributed by atoms with Crippen molar-refractivity contribution >= 4 is 34.1 Å². The van der Waals surface area contributed by atoms with E-state index in [-0.39, 0.29) is 24.0 Å². The Morgan fingerprint density at radius 1 is 1.05 bits per heavy atom. The third-order valence-electron chi connectivity index (χ3n) is 7.74. The number of carbonyl (C=O) groups is 2. The van der Waals surface area contributed by atoms with Crippen LogP contribution in [0.2, 0.25) is 0 Å². The van der Waals surface area contributed by atoms with Crippen LogP contribution >= 0.6 is 11.3 Å². The van der Waals surface area contributed by atoms with Gasteiger partial charge in [0.2, 0.25) is 5.91 Å². The Labute approximate surface area is 248 Å². The molecule has 0 bridgehead atoms. The molecule has 218 valence electrons. The molecular formula is C34H43N3O3S. The zero-order chi connectivity index (χ0) is 29.4. The van der Waals surface area contributed by atoms with Crippen LogP contribution in [0.15, 0.2) is 60.0 Å². The van der Waals surface area contributed by atoms with Crippen molar-refractivity contribution in [2.75, 3.05) is 13.7 Å². The van der Waals surface area contributed by atoms with Crippen LogP contribution in [0.1, 0.15) is 86.0 Å². The summed E-state index contributed by atoms with van der Waals surface area (Å²) < 4.78 is 7.58. The molecule has 0 aliphatic heterocycles. The molecule has 2 heterocycles. The van der Waals surface area contributed by atoms with Gasteiger partial charge in [0.15, 0.2) is 5.78 Å². The lowest BCUT2D eigenvalue weighted by Crippen LogP contribution is -2.34. The van der Waals surface area contributed by atoms with E-state index < -0.39 is 0 Å². The first-order valence-corrected chi connectivity index (χ1v) is 15.7. The number of methoxy groups -OCH3 is 1. The van der Waals surface area contributed by atoms with E-state index in [1.54, 1.807) is 18.4 Å². The number of fused-ring (bicyclic) bond motifs is 1. The molecule has 0 fully saturated rings. The predicted molar refractivity (Wildman–Crippen MR) is 168 cm³/mol. The maximum absolute atomic E-state index is 13.5. The summed E-state index contributed by atoms with van der Waals surface area (Å²) in [7, 11) is 1.65. The van der Waals surface area contributed by atoms with Gasteiger partial charge >= 0.3 is 0 Å². The van der Waals surface area contributed by atoms with E-state index >= 15 is 0 Å². The number of nitrogens with one attached hydrogen (secondary N) is 1. The van der Waals surface area contributed by atoms with Gasteiger partial charge in [0, 0.05) is 41.8 Å². The van der Waals surface area contributed by atoms with E-state index in [0.717, 1.165) is 53.9 Å². The molecule has 6 nitrogen and oxygen atoms in total. The van der Waals surface area contributed by atoms with Crippen molar-refractivity contribution in [1.29, 1.82) is 0 Å². The highest BCUT2D eigenvalue weighted by atomic mass is 32.1. The fourth-order valence-electron chi connectivity index (χ4n) is 5.54. The highest BCUT2D eigenvalue weighted by Crippen LogP contribution is 2.29. The summed E-state index contributed by atoms with van der Waals surface area (Å²) in [5, 5.41) is 5.17. The molecule has 0 aliphatic carbocycles. The summed E-state index contributed by atoms with van der Waals surface area (Å²) in [5.41, 5.74) is 3.66. The van der Waals surface area contributed by atoms with Gasteiger partial charge in [-0.15, -0.1) is 11.3 Å². The third kappa shape index (κ3) is 7.85. The van der Waals surface area contributed by atoms with Crippen molar-refractivity contribution in [3.8, 4) is 5.75 Å². The van der Waals surface area contributed by atoms with Crippen molar-refractivity contribution in [2.45, 2.75) is 72.3 Å². The summed E-state index contributed by atoms with van der Waals surface area (Å²) in [6, 6.07) is 18.3. The minimum Gasteiger partial charge on any atom is -0.497 e. The topological polar surface area (TPSA) is 73.2 Å². The van der Waals surface area contributed by atoms with Crippen molar-refractivity contribution in [3.63, 3.8) is 0 Å². The molecule has 0 unspecified atom stereocenters. The first-order valence-electron chi connectivity index (χ1n) is 14.8. The Morgan fingerprint density at radius 3 is 2.44 bits per heavy atom. The quantitative estimate of drug-likeness (QED) is 0.148. The number of hydrogen-bond acceptors (Lipinski definition) is 5. The van der Waals surface area contributed by atoms with Gasteiger partial charge < -0.3 is 14.6 Å². The number of carbonyl (C=O) groups excluding carboxylic acids is 2. The van der Waals surface area contributed by atoms with Gasteiger partial charge in [-0.1, -0.05) is 45.9 Å². The Hall–Kier alpha value is -3.45. The minimum atomic E-state index is -0.370. The molecular weight excluding hydrogens is 530 g/mol. The van der Waals surface area contributed by atoms with Gasteiger partial charge in [0.1, 0.15) is 11.6 Å². The number of hydrogen-bond donors (Lipinski definition) is 1. The number of ketones is 1. The Bertz CT molecular complexity index is 1420. The Balaban J connectivity index is 1.49. The molecule has 2 aromatic carbocycles. The van der Waals surface area contributed by atoms with E-state index in [1.165, 1.54) is 4.88 Å². The zero-order valence-corrected chi connectivity index (χ0v) is 25.8. The van der Waals surface area contributed by atoms with E-state index in [1.807, 2.05) is 42.5 Å². The van der Waals surface area contributed by atoms with Gasteiger partial charge in [-0.05, 0) is 78.9 Å². The maximum Gasteiger partial charge on any atom is 0.223 e. The normalized spacial score (nSPS) is 12.3. The molecule has 0 aliphatic rings. The Kier molecular flexibility index (Phi) is 10.7. The summed E-state index contributed by atoms with van der Waals surface area (Å²) in [6.45, 7) is 9.13. The zero-order valence-electron chi connectivity index (χ0n) is 25.0. The molecule has 2 aromatic heterocycles. The number of Topliss-reactive ketones (excluding diaryl/α,β-unsaturated/α-hetero) is 1. The number of benzene rings is 2. The van der Waals surface area contributed by atoms with Crippen LogP contribution in [-0.4, -0.2) is 34.9 Å². The van der Waals surface area contributed by atoms with Crippen molar-refractivity contribution in [1.82, 2.24) is 14.9 Å². The number of thiophene rings is 1. The maximum atomic E-state index is 13.5. The highest BCUT2D eigenvalue weighted by Gasteiger charge is 2.25. The standard InChI is InChI=1S/C34H43N3O3S/c1-6-27(7-2)37-31-15-12-25(20-30(31)36-33(37)22-29-9-8-18-41-29)32(38)21-26(19-23(3)4)34(39)35-17-16-24-10-13-28(40-5)14-11-24/h8-15,18,20,23,26-27H,6-7,16-17,19,21-22H2,1-5H3,(H,35,39)/t26-/m1/s1. The molecule has 0 saturated heterocycles. The molecule has 0 radical (unpaired) electrons. The Morgan fingerprint density at radius 2 is 1.80 bits per heavy atom. The monoisotopic (exact) mass is 573 g/mol. The molecule has 0 spiro atoms. The fraction of sp³-hybridized carbons (Fsp3) is 0.441. The SMILES string of the molecule is CCC(CC)n1c(Cc2cccs2)nc2cc(C(=O)C[C@@H](CC(C)C)C(=O)NCCc3ccc(OC)cc3)ccc21. The number of imidazole rings is 1. The average Bonchev–Trinajstić information content (AvgIpc) is 3.61. The van der Waals surface area contributed by atoms with Crippen LogP contribution in [0.3, 0.4) is 0 Å². The lowest BCUT2D eigenvalue weighted by Gasteiger charge is -2.19. The lowest BCUT2D eigenvalue weighted by molar-refractivity contribution is -0.125. The van der Waals surface area contributed by atoms with Crippen LogP contribution < -0.4 is 10.1 Å². The number of ether oxygens (including phenoxy) is 1. The molecule has 4 rings (SSSR count). The molecule has 1 atom stereocenters. The molecule has 41 heavy (non-hydrogen) atoms. The molecule has 7 heteroatoms. The van der Waals surface area contributed by atoms with E-state index in [2.05, 4.69) is 55.1 Å². The van der Waals surface area contributed by atoms with Crippen LogP contribution in [0.25, 0.3) is 11.0 Å². The minimum absolute atomic E-state index is 0.0141. The average molecular weight is 574 g/mol. The van der Waals surface area contributed by atoms with Crippen molar-refractivity contribution < 1.29 is 14.3 Å². The summed E-state index contributed by atoms with van der Waals surface area (Å²) in [6.07, 6.45) is 4.39. The number of amides is 1. The largest absolute Gasteiger partial charge is 0.497 e. The van der Waals surface area contributed by atoms with Gasteiger partial charge in [0.05, 0.1) is 18.1 Å².